The van der Waals surface area contributed by atoms with E-state index in [2.05, 4.69) is 0 Å². The number of nitro benzene ring substituents is 1. The van der Waals surface area contributed by atoms with Crippen LogP contribution in [0.4, 0.5) is 5.69 Å². The van der Waals surface area contributed by atoms with Crippen molar-refractivity contribution in [3.8, 4) is 0 Å². The molecular weight excluding hydrogens is 422 g/mol. The number of aliphatic hydroxyl groups is 1. The number of nitrogens with zero attached hydrogens (tertiary/aromatic N) is 3. The second-order valence-electron chi connectivity index (χ2n) is 8.17. The van der Waals surface area contributed by atoms with Crippen LogP contribution >= 0.6 is 0 Å². The van der Waals surface area contributed by atoms with Gasteiger partial charge in [-0.05, 0) is 42.6 Å². The monoisotopic (exact) mass is 445 g/mol. The number of Topliss-reactive ketones (excluding diaryl/α,β-unsaturated/α-hetero) is 1. The predicted molar refractivity (Wildman–Crippen MR) is 125 cm³/mol. The number of ketones is 1. The quantitative estimate of drug-likeness (QED) is 0.204. The Morgan fingerprint density at radius 3 is 2.36 bits per heavy atom. The number of likely N-dealkylation sites (N-methyl/N-ethyl adjacent to an activating group) is 1. The van der Waals surface area contributed by atoms with E-state index in [4.69, 9.17) is 0 Å². The summed E-state index contributed by atoms with van der Waals surface area (Å²) >= 11 is 0. The normalized spacial score (nSPS) is 17.8. The van der Waals surface area contributed by atoms with Gasteiger partial charge in [-0.3, -0.25) is 19.7 Å². The third kappa shape index (κ3) is 4.08. The van der Waals surface area contributed by atoms with Crippen LogP contribution in [0, 0.1) is 10.1 Å². The van der Waals surface area contributed by atoms with E-state index in [0.29, 0.717) is 13.1 Å². The van der Waals surface area contributed by atoms with Gasteiger partial charge in [0.1, 0.15) is 5.76 Å². The first-order valence-electron chi connectivity index (χ1n) is 10.4. The maximum Gasteiger partial charge on any atom is 0.295 e. The van der Waals surface area contributed by atoms with E-state index in [1.165, 1.54) is 29.2 Å². The Hall–Kier alpha value is -4.04. The molecule has 1 heterocycles. The Balaban J connectivity index is 1.91. The van der Waals surface area contributed by atoms with E-state index in [1.54, 1.807) is 0 Å². The molecule has 0 spiro atoms. The summed E-state index contributed by atoms with van der Waals surface area (Å²) in [5, 5.41) is 23.9. The van der Waals surface area contributed by atoms with E-state index in [0.717, 1.165) is 16.3 Å². The van der Waals surface area contributed by atoms with E-state index in [9.17, 15) is 24.8 Å². The minimum Gasteiger partial charge on any atom is -0.507 e. The van der Waals surface area contributed by atoms with E-state index in [-0.39, 0.29) is 22.6 Å². The molecule has 1 aliphatic rings. The molecule has 0 saturated carbocycles. The van der Waals surface area contributed by atoms with Gasteiger partial charge in [0.25, 0.3) is 17.4 Å². The Bertz CT molecular complexity index is 1280. The number of amides is 1. The number of carbonyl (C=O) groups is 2. The Morgan fingerprint density at radius 2 is 1.70 bits per heavy atom. The molecular formula is C25H23N3O5. The third-order valence-corrected chi connectivity index (χ3v) is 5.80. The molecule has 1 unspecified atom stereocenters. The molecule has 8 heteroatoms. The van der Waals surface area contributed by atoms with Crippen molar-refractivity contribution in [1.29, 1.82) is 0 Å². The van der Waals surface area contributed by atoms with Gasteiger partial charge < -0.3 is 14.9 Å². The fourth-order valence-corrected chi connectivity index (χ4v) is 4.13. The zero-order valence-electron chi connectivity index (χ0n) is 18.3. The smallest absolute Gasteiger partial charge is 0.295 e. The highest BCUT2D eigenvalue weighted by Gasteiger charge is 2.46. The van der Waals surface area contributed by atoms with E-state index in [1.807, 2.05) is 61.5 Å². The van der Waals surface area contributed by atoms with Gasteiger partial charge in [-0.25, -0.2) is 0 Å². The van der Waals surface area contributed by atoms with Crippen molar-refractivity contribution in [3.63, 3.8) is 0 Å². The molecule has 168 valence electrons. The molecule has 33 heavy (non-hydrogen) atoms. The number of fused-ring (bicyclic) bond motifs is 1. The Morgan fingerprint density at radius 1 is 1.03 bits per heavy atom. The summed E-state index contributed by atoms with van der Waals surface area (Å²) in [5.74, 6) is -1.81. The molecule has 8 nitrogen and oxygen atoms in total. The average Bonchev–Trinajstić information content (AvgIpc) is 3.06. The lowest BCUT2D eigenvalue weighted by Crippen LogP contribution is -2.35. The fourth-order valence-electron chi connectivity index (χ4n) is 4.13. The molecule has 1 amide bonds. The van der Waals surface area contributed by atoms with Gasteiger partial charge in [-0.1, -0.05) is 42.5 Å². The summed E-state index contributed by atoms with van der Waals surface area (Å²) in [4.78, 5) is 40.0. The summed E-state index contributed by atoms with van der Waals surface area (Å²) in [6.45, 7) is 0.828. The number of hydrogen-bond acceptors (Lipinski definition) is 6. The van der Waals surface area contributed by atoms with Gasteiger partial charge in [0.05, 0.1) is 16.5 Å². The van der Waals surface area contributed by atoms with Crippen molar-refractivity contribution >= 4 is 33.9 Å². The molecule has 0 aromatic heterocycles. The van der Waals surface area contributed by atoms with Gasteiger partial charge in [-0.15, -0.1) is 0 Å². The topological polar surface area (TPSA) is 104 Å². The van der Waals surface area contributed by atoms with Crippen molar-refractivity contribution in [2.24, 2.45) is 0 Å². The SMILES string of the molecule is CN(C)CCN1C(=O)C(=O)/C(=C(\O)c2ccc([N+](=O)[O-])cc2)C1c1cccc2ccccc12. The standard InChI is InChI=1S/C25H23N3O5/c1-26(2)14-15-27-22(20-9-5-7-16-6-3-4-8-19(16)20)21(24(30)25(27)31)23(29)17-10-12-18(13-11-17)28(32)33/h3-13,22,29H,14-15H2,1-2H3/b23-21-. The lowest BCUT2D eigenvalue weighted by atomic mass is 9.91. The molecule has 3 aromatic carbocycles. The van der Waals surface area contributed by atoms with Gasteiger partial charge in [0.2, 0.25) is 0 Å². The van der Waals surface area contributed by atoms with Crippen molar-refractivity contribution < 1.29 is 19.6 Å². The lowest BCUT2D eigenvalue weighted by Gasteiger charge is -2.27. The summed E-state index contributed by atoms with van der Waals surface area (Å²) < 4.78 is 0. The van der Waals surface area contributed by atoms with Crippen LogP contribution in [0.15, 0.2) is 72.3 Å². The third-order valence-electron chi connectivity index (χ3n) is 5.80. The largest absolute Gasteiger partial charge is 0.507 e. The molecule has 1 aliphatic heterocycles. The fraction of sp³-hybridized carbons (Fsp3) is 0.200. The second kappa shape index (κ2) is 8.84. The van der Waals surface area contributed by atoms with Gasteiger partial charge >= 0.3 is 0 Å². The number of aliphatic hydroxyl groups excluding tert-OH is 1. The summed E-state index contributed by atoms with van der Waals surface area (Å²) in [6, 6.07) is 17.8. The number of benzene rings is 3. The van der Waals surface area contributed by atoms with Crippen LogP contribution in [0.1, 0.15) is 17.2 Å². The van der Waals surface area contributed by atoms with Crippen LogP contribution in [0.2, 0.25) is 0 Å². The van der Waals surface area contributed by atoms with Crippen LogP contribution in [-0.2, 0) is 9.59 Å². The number of non-ortho nitro benzene ring substituents is 1. The minimum absolute atomic E-state index is 0.0241. The molecule has 1 fully saturated rings. The van der Waals surface area contributed by atoms with Gasteiger partial charge in [0.15, 0.2) is 0 Å². The van der Waals surface area contributed by atoms with Crippen molar-refractivity contribution in [1.82, 2.24) is 9.80 Å². The van der Waals surface area contributed by atoms with Gasteiger partial charge in [-0.2, -0.15) is 0 Å². The first kappa shape index (κ1) is 22.2. The van der Waals surface area contributed by atoms with Crippen LogP contribution < -0.4 is 0 Å². The molecule has 1 atom stereocenters. The number of nitro groups is 1. The first-order valence-corrected chi connectivity index (χ1v) is 10.4. The summed E-state index contributed by atoms with van der Waals surface area (Å²) in [7, 11) is 3.75. The number of rotatable bonds is 6. The van der Waals surface area contributed by atoms with E-state index >= 15 is 0 Å². The molecule has 1 saturated heterocycles. The van der Waals surface area contributed by atoms with Crippen LogP contribution in [0.25, 0.3) is 16.5 Å². The zero-order valence-corrected chi connectivity index (χ0v) is 18.3. The molecule has 0 radical (unpaired) electrons. The predicted octanol–water partition coefficient (Wildman–Crippen LogP) is 3.73. The van der Waals surface area contributed by atoms with E-state index < -0.39 is 22.7 Å². The number of likely N-dealkylation sites (tertiary alicyclic amines) is 1. The highest BCUT2D eigenvalue weighted by Crippen LogP contribution is 2.41. The lowest BCUT2D eigenvalue weighted by molar-refractivity contribution is -0.384. The molecule has 4 rings (SSSR count). The summed E-state index contributed by atoms with van der Waals surface area (Å²) in [6.07, 6.45) is 0. The number of hydrogen-bond donors (Lipinski definition) is 1. The first-order chi connectivity index (χ1) is 15.8. The number of carbonyl (C=O) groups excluding carboxylic acids is 2. The summed E-state index contributed by atoms with van der Waals surface area (Å²) in [5.41, 5.74) is 0.804. The van der Waals surface area contributed by atoms with Crippen molar-refractivity contribution in [2.75, 3.05) is 27.2 Å². The second-order valence-corrected chi connectivity index (χ2v) is 8.17. The van der Waals surface area contributed by atoms with Crippen LogP contribution in [0.5, 0.6) is 0 Å². The maximum absolute atomic E-state index is 13.1. The van der Waals surface area contributed by atoms with Crippen LogP contribution in [-0.4, -0.2) is 58.7 Å². The molecule has 0 bridgehead atoms. The Labute approximate surface area is 190 Å². The molecule has 1 N–H and O–H groups in total. The highest BCUT2D eigenvalue weighted by atomic mass is 16.6. The highest BCUT2D eigenvalue weighted by molar-refractivity contribution is 6.46. The van der Waals surface area contributed by atoms with Crippen molar-refractivity contribution in [2.45, 2.75) is 6.04 Å². The Kier molecular flexibility index (Phi) is 5.93. The van der Waals surface area contributed by atoms with Gasteiger partial charge in [0, 0.05) is 30.8 Å². The van der Waals surface area contributed by atoms with Crippen LogP contribution in [0.3, 0.4) is 0 Å². The minimum atomic E-state index is -0.786. The molecule has 0 aliphatic carbocycles. The zero-order chi connectivity index (χ0) is 23.7. The maximum atomic E-state index is 13.1. The van der Waals surface area contributed by atoms with Crippen molar-refractivity contribution in [3.05, 3.63) is 93.5 Å². The molecule has 3 aromatic rings. The average molecular weight is 445 g/mol.